The van der Waals surface area contributed by atoms with E-state index in [0.29, 0.717) is 0 Å². The van der Waals surface area contributed by atoms with Gasteiger partial charge in [0.15, 0.2) is 5.75 Å². The van der Waals surface area contributed by atoms with Crippen LogP contribution in [0.25, 0.3) is 0 Å². The van der Waals surface area contributed by atoms with Gasteiger partial charge in [-0.3, -0.25) is 20.9 Å². The molecule has 6 nitrogen and oxygen atoms in total. The first kappa shape index (κ1) is 15.5. The highest BCUT2D eigenvalue weighted by atomic mass is 16.5. The number of methoxy groups -OCH3 is 1. The second-order valence-corrected chi connectivity index (χ2v) is 5.26. The van der Waals surface area contributed by atoms with Gasteiger partial charge in [-0.2, -0.15) is 5.10 Å². The summed E-state index contributed by atoms with van der Waals surface area (Å²) in [6.45, 7) is 4.18. The molecule has 0 amide bonds. The predicted octanol–water partition coefficient (Wildman–Crippen LogP) is 2.00. The minimum atomic E-state index is -0.0231. The van der Waals surface area contributed by atoms with Crippen LogP contribution in [0.5, 0.6) is 5.75 Å². The summed E-state index contributed by atoms with van der Waals surface area (Å²) < 4.78 is 7.37. The first-order valence-electron chi connectivity index (χ1n) is 7.13. The Morgan fingerprint density at radius 1 is 1.38 bits per heavy atom. The third kappa shape index (κ3) is 3.59. The van der Waals surface area contributed by atoms with Gasteiger partial charge in [0.05, 0.1) is 25.0 Å². The Kier molecular flexibility index (Phi) is 5.30. The summed E-state index contributed by atoms with van der Waals surface area (Å²) in [5, 5.41) is 4.39. The van der Waals surface area contributed by atoms with Gasteiger partial charge in [-0.25, -0.2) is 0 Å². The smallest absolute Gasteiger partial charge is 0.161 e. The van der Waals surface area contributed by atoms with E-state index in [2.05, 4.69) is 35.4 Å². The number of nitrogens with two attached hydrogens (primary N) is 1. The molecule has 6 heteroatoms. The maximum absolute atomic E-state index is 5.76. The number of hydrogen-bond donors (Lipinski definition) is 2. The molecule has 0 radical (unpaired) electrons. The van der Waals surface area contributed by atoms with Crippen molar-refractivity contribution in [1.82, 2.24) is 20.2 Å². The van der Waals surface area contributed by atoms with Crippen LogP contribution in [-0.2, 0) is 6.42 Å². The molecule has 3 N–H and O–H groups in total. The molecule has 2 aromatic rings. The predicted molar refractivity (Wildman–Crippen MR) is 81.8 cm³/mol. The fraction of sp³-hybridized carbons (Fsp3) is 0.467. The van der Waals surface area contributed by atoms with E-state index in [1.54, 1.807) is 19.5 Å². The van der Waals surface area contributed by atoms with E-state index in [0.717, 1.165) is 24.3 Å². The molecule has 0 aromatic carbocycles. The molecule has 114 valence electrons. The number of aryl methyl sites for hydroxylation is 1. The summed E-state index contributed by atoms with van der Waals surface area (Å²) in [5.74, 6) is 6.52. The minimum Gasteiger partial charge on any atom is -0.493 e. The Morgan fingerprint density at radius 3 is 2.76 bits per heavy atom. The fourth-order valence-corrected chi connectivity index (χ4v) is 2.41. The molecule has 0 saturated heterocycles. The van der Waals surface area contributed by atoms with Crippen molar-refractivity contribution in [2.75, 3.05) is 7.11 Å². The number of nitrogens with zero attached hydrogens (tertiary/aromatic N) is 3. The second kappa shape index (κ2) is 7.19. The molecule has 0 fully saturated rings. The quantitative estimate of drug-likeness (QED) is 0.602. The minimum absolute atomic E-state index is 0.0231. The van der Waals surface area contributed by atoms with E-state index in [1.807, 2.05) is 16.9 Å². The first-order valence-corrected chi connectivity index (χ1v) is 7.13. The summed E-state index contributed by atoms with van der Waals surface area (Å²) in [6, 6.07) is 4.24. The highest BCUT2D eigenvalue weighted by molar-refractivity contribution is 5.29. The van der Waals surface area contributed by atoms with Crippen LogP contribution in [0.2, 0.25) is 0 Å². The van der Waals surface area contributed by atoms with E-state index in [1.165, 1.54) is 5.56 Å². The van der Waals surface area contributed by atoms with Gasteiger partial charge in [-0.05, 0) is 38.3 Å². The molecule has 0 spiro atoms. The molecule has 0 saturated carbocycles. The Hall–Kier alpha value is -1.92. The van der Waals surface area contributed by atoms with Gasteiger partial charge >= 0.3 is 0 Å². The Balaban J connectivity index is 2.19. The molecule has 0 bridgehead atoms. The van der Waals surface area contributed by atoms with Crippen molar-refractivity contribution in [1.29, 1.82) is 0 Å². The summed E-state index contributed by atoms with van der Waals surface area (Å²) in [6.07, 6.45) is 7.12. The SMILES string of the molecule is COc1cnn(C(C)C)c1C(CCc1cccnc1)NN. The van der Waals surface area contributed by atoms with Crippen LogP contribution < -0.4 is 16.0 Å². The zero-order valence-corrected chi connectivity index (χ0v) is 12.8. The third-order valence-corrected chi connectivity index (χ3v) is 3.48. The standard InChI is InChI=1S/C15H23N5O/c1-11(2)20-15(14(21-3)10-18-20)13(19-16)7-6-12-5-4-8-17-9-12/h4-5,8-11,13,19H,6-7,16H2,1-3H3. The average molecular weight is 289 g/mol. The van der Waals surface area contributed by atoms with Crippen molar-refractivity contribution in [3.63, 3.8) is 0 Å². The molecule has 2 rings (SSSR count). The van der Waals surface area contributed by atoms with Crippen LogP contribution >= 0.6 is 0 Å². The third-order valence-electron chi connectivity index (χ3n) is 3.48. The monoisotopic (exact) mass is 289 g/mol. The molecule has 0 aliphatic heterocycles. The van der Waals surface area contributed by atoms with Crippen molar-refractivity contribution in [2.24, 2.45) is 5.84 Å². The Bertz CT molecular complexity index is 552. The fourth-order valence-electron chi connectivity index (χ4n) is 2.41. The highest BCUT2D eigenvalue weighted by Crippen LogP contribution is 2.29. The molecule has 1 atom stereocenters. The van der Waals surface area contributed by atoms with Gasteiger partial charge in [-0.15, -0.1) is 0 Å². The summed E-state index contributed by atoms with van der Waals surface area (Å²) >= 11 is 0. The Morgan fingerprint density at radius 2 is 2.19 bits per heavy atom. The number of ether oxygens (including phenoxy) is 1. The number of hydrazine groups is 1. The van der Waals surface area contributed by atoms with Crippen LogP contribution in [-0.4, -0.2) is 21.9 Å². The largest absolute Gasteiger partial charge is 0.493 e. The van der Waals surface area contributed by atoms with Crippen LogP contribution in [0.1, 0.15) is 43.6 Å². The summed E-state index contributed by atoms with van der Waals surface area (Å²) in [7, 11) is 1.65. The van der Waals surface area contributed by atoms with Crippen molar-refractivity contribution >= 4 is 0 Å². The lowest BCUT2D eigenvalue weighted by Gasteiger charge is -2.20. The number of nitrogens with one attached hydrogen (secondary N) is 1. The van der Waals surface area contributed by atoms with Gasteiger partial charge in [0, 0.05) is 18.4 Å². The lowest BCUT2D eigenvalue weighted by atomic mass is 10.0. The molecule has 21 heavy (non-hydrogen) atoms. The maximum Gasteiger partial charge on any atom is 0.161 e. The maximum atomic E-state index is 5.76. The molecule has 0 aliphatic rings. The second-order valence-electron chi connectivity index (χ2n) is 5.26. The lowest BCUT2D eigenvalue weighted by Crippen LogP contribution is -2.31. The molecular weight excluding hydrogens is 266 g/mol. The van der Waals surface area contributed by atoms with Gasteiger partial charge in [0.1, 0.15) is 0 Å². The van der Waals surface area contributed by atoms with Crippen molar-refractivity contribution in [3.05, 3.63) is 42.0 Å². The average Bonchev–Trinajstić information content (AvgIpc) is 2.93. The highest BCUT2D eigenvalue weighted by Gasteiger charge is 2.22. The van der Waals surface area contributed by atoms with Crippen LogP contribution in [0.15, 0.2) is 30.7 Å². The van der Waals surface area contributed by atoms with Crippen LogP contribution in [0.3, 0.4) is 0 Å². The van der Waals surface area contributed by atoms with Crippen LogP contribution in [0, 0.1) is 0 Å². The normalized spacial score (nSPS) is 12.6. The molecule has 2 aromatic heterocycles. The number of aromatic nitrogens is 3. The van der Waals surface area contributed by atoms with E-state index in [4.69, 9.17) is 10.6 Å². The number of pyridine rings is 1. The zero-order valence-electron chi connectivity index (χ0n) is 12.8. The molecular formula is C15H23N5O. The lowest BCUT2D eigenvalue weighted by molar-refractivity contribution is 0.378. The summed E-state index contributed by atoms with van der Waals surface area (Å²) in [5.41, 5.74) is 5.06. The van der Waals surface area contributed by atoms with E-state index >= 15 is 0 Å². The molecule has 2 heterocycles. The first-order chi connectivity index (χ1) is 10.2. The van der Waals surface area contributed by atoms with Crippen molar-refractivity contribution < 1.29 is 4.74 Å². The number of rotatable bonds is 7. The molecule has 1 unspecified atom stereocenters. The van der Waals surface area contributed by atoms with E-state index in [9.17, 15) is 0 Å². The topological polar surface area (TPSA) is 78.0 Å². The number of hydrogen-bond acceptors (Lipinski definition) is 5. The van der Waals surface area contributed by atoms with E-state index < -0.39 is 0 Å². The Labute approximate surface area is 125 Å². The van der Waals surface area contributed by atoms with Gasteiger partial charge in [0.2, 0.25) is 0 Å². The zero-order chi connectivity index (χ0) is 15.2. The summed E-state index contributed by atoms with van der Waals surface area (Å²) in [4.78, 5) is 4.14. The van der Waals surface area contributed by atoms with Gasteiger partial charge in [-0.1, -0.05) is 6.07 Å². The van der Waals surface area contributed by atoms with E-state index in [-0.39, 0.29) is 12.1 Å². The molecule has 0 aliphatic carbocycles. The van der Waals surface area contributed by atoms with Crippen molar-refractivity contribution in [2.45, 2.75) is 38.8 Å². The van der Waals surface area contributed by atoms with Gasteiger partial charge < -0.3 is 4.74 Å². The van der Waals surface area contributed by atoms with Gasteiger partial charge in [0.25, 0.3) is 0 Å². The van der Waals surface area contributed by atoms with Crippen molar-refractivity contribution in [3.8, 4) is 5.75 Å². The van der Waals surface area contributed by atoms with Crippen LogP contribution in [0.4, 0.5) is 0 Å².